The molecular weight excluding hydrogens is 198 g/mol. The molecule has 0 aliphatic carbocycles. The SMILES string of the molecule is Cc1ccc(Cl)c2c1NCC(C)CO2. The average Bonchev–Trinajstić information content (AvgIpc) is 2.35. The zero-order valence-corrected chi connectivity index (χ0v) is 9.19. The van der Waals surface area contributed by atoms with Crippen molar-refractivity contribution in [2.45, 2.75) is 13.8 Å². The van der Waals surface area contributed by atoms with Gasteiger partial charge in [0.2, 0.25) is 0 Å². The first-order chi connectivity index (χ1) is 6.68. The third-order valence-electron chi connectivity index (χ3n) is 2.46. The number of aryl methyl sites for hydroxylation is 1. The van der Waals surface area contributed by atoms with Crippen molar-refractivity contribution in [2.75, 3.05) is 18.5 Å². The fourth-order valence-electron chi connectivity index (χ4n) is 1.58. The highest BCUT2D eigenvalue weighted by Crippen LogP contribution is 2.37. The zero-order chi connectivity index (χ0) is 10.1. The lowest BCUT2D eigenvalue weighted by atomic mass is 10.1. The normalized spacial score (nSPS) is 20.4. The van der Waals surface area contributed by atoms with Gasteiger partial charge in [0.1, 0.15) is 0 Å². The number of fused-ring (bicyclic) bond motifs is 1. The van der Waals surface area contributed by atoms with Crippen molar-refractivity contribution in [2.24, 2.45) is 5.92 Å². The van der Waals surface area contributed by atoms with E-state index in [1.807, 2.05) is 12.1 Å². The fraction of sp³-hybridized carbons (Fsp3) is 0.455. The molecule has 3 heteroatoms. The molecule has 76 valence electrons. The summed E-state index contributed by atoms with van der Waals surface area (Å²) in [5.74, 6) is 1.31. The van der Waals surface area contributed by atoms with Crippen LogP contribution in [0.4, 0.5) is 5.69 Å². The molecule has 1 unspecified atom stereocenters. The molecule has 2 nitrogen and oxygen atoms in total. The van der Waals surface area contributed by atoms with Gasteiger partial charge in [0.15, 0.2) is 5.75 Å². The van der Waals surface area contributed by atoms with Crippen LogP contribution in [0, 0.1) is 12.8 Å². The topological polar surface area (TPSA) is 21.3 Å². The number of ether oxygens (including phenoxy) is 1. The van der Waals surface area contributed by atoms with Gasteiger partial charge in [-0.25, -0.2) is 0 Å². The minimum absolute atomic E-state index is 0.512. The molecular formula is C11H14ClNO. The molecule has 0 saturated carbocycles. The van der Waals surface area contributed by atoms with Gasteiger partial charge in [-0.05, 0) is 18.6 Å². The first kappa shape index (κ1) is 9.66. The van der Waals surface area contributed by atoms with E-state index in [4.69, 9.17) is 16.3 Å². The van der Waals surface area contributed by atoms with E-state index in [0.717, 1.165) is 24.6 Å². The van der Waals surface area contributed by atoms with Gasteiger partial charge >= 0.3 is 0 Å². The molecule has 0 saturated heterocycles. The van der Waals surface area contributed by atoms with Crippen LogP contribution >= 0.6 is 11.6 Å². The van der Waals surface area contributed by atoms with Crippen LogP contribution in [-0.4, -0.2) is 13.2 Å². The second-order valence-electron chi connectivity index (χ2n) is 3.87. The second-order valence-corrected chi connectivity index (χ2v) is 4.27. The monoisotopic (exact) mass is 211 g/mol. The summed E-state index contributed by atoms with van der Waals surface area (Å²) in [6.45, 7) is 5.88. The van der Waals surface area contributed by atoms with E-state index in [0.29, 0.717) is 10.9 Å². The smallest absolute Gasteiger partial charge is 0.161 e. The highest BCUT2D eigenvalue weighted by atomic mass is 35.5. The molecule has 1 atom stereocenters. The summed E-state index contributed by atoms with van der Waals surface area (Å²) in [5, 5.41) is 4.06. The Morgan fingerprint density at radius 1 is 1.50 bits per heavy atom. The Labute approximate surface area is 89.2 Å². The van der Waals surface area contributed by atoms with Crippen molar-refractivity contribution in [1.29, 1.82) is 0 Å². The highest BCUT2D eigenvalue weighted by Gasteiger charge is 2.17. The Balaban J connectivity index is 2.44. The summed E-state index contributed by atoms with van der Waals surface area (Å²) in [7, 11) is 0. The largest absolute Gasteiger partial charge is 0.489 e. The fourth-order valence-corrected chi connectivity index (χ4v) is 1.79. The van der Waals surface area contributed by atoms with E-state index >= 15 is 0 Å². The van der Waals surface area contributed by atoms with Crippen LogP contribution in [0.1, 0.15) is 12.5 Å². The molecule has 1 aromatic rings. The maximum absolute atomic E-state index is 6.07. The Kier molecular flexibility index (Phi) is 2.55. The van der Waals surface area contributed by atoms with Gasteiger partial charge in [-0.15, -0.1) is 0 Å². The number of benzene rings is 1. The first-order valence-electron chi connectivity index (χ1n) is 4.84. The summed E-state index contributed by atoms with van der Waals surface area (Å²) < 4.78 is 5.68. The molecule has 0 fully saturated rings. The molecule has 14 heavy (non-hydrogen) atoms. The minimum atomic E-state index is 0.512. The summed E-state index contributed by atoms with van der Waals surface area (Å²) in [5.41, 5.74) is 2.22. The van der Waals surface area contributed by atoms with Gasteiger partial charge in [0, 0.05) is 12.5 Å². The summed E-state index contributed by atoms with van der Waals surface area (Å²) >= 11 is 6.07. The molecule has 1 aromatic carbocycles. The minimum Gasteiger partial charge on any atom is -0.489 e. The molecule has 2 rings (SSSR count). The number of hydrogen-bond donors (Lipinski definition) is 1. The number of rotatable bonds is 0. The van der Waals surface area contributed by atoms with E-state index in [9.17, 15) is 0 Å². The lowest BCUT2D eigenvalue weighted by Crippen LogP contribution is -2.13. The Morgan fingerprint density at radius 3 is 3.07 bits per heavy atom. The van der Waals surface area contributed by atoms with E-state index in [1.165, 1.54) is 5.56 Å². The van der Waals surface area contributed by atoms with Crippen LogP contribution in [-0.2, 0) is 0 Å². The van der Waals surface area contributed by atoms with Crippen molar-refractivity contribution < 1.29 is 4.74 Å². The van der Waals surface area contributed by atoms with Crippen molar-refractivity contribution >= 4 is 17.3 Å². The van der Waals surface area contributed by atoms with Crippen molar-refractivity contribution in [1.82, 2.24) is 0 Å². The Bertz CT molecular complexity index is 318. The van der Waals surface area contributed by atoms with Crippen molar-refractivity contribution in [3.8, 4) is 5.75 Å². The summed E-state index contributed by atoms with van der Waals surface area (Å²) in [4.78, 5) is 0. The average molecular weight is 212 g/mol. The Hall–Kier alpha value is -0.890. The number of nitrogens with one attached hydrogen (secondary N) is 1. The van der Waals surface area contributed by atoms with Gasteiger partial charge in [0.25, 0.3) is 0 Å². The quantitative estimate of drug-likeness (QED) is 0.712. The lowest BCUT2D eigenvalue weighted by molar-refractivity contribution is 0.276. The van der Waals surface area contributed by atoms with Crippen molar-refractivity contribution in [3.63, 3.8) is 0 Å². The molecule has 0 amide bonds. The molecule has 1 heterocycles. The molecule has 0 bridgehead atoms. The Morgan fingerprint density at radius 2 is 2.29 bits per heavy atom. The predicted octanol–water partition coefficient (Wildman–Crippen LogP) is 3.09. The van der Waals surface area contributed by atoms with Gasteiger partial charge < -0.3 is 10.1 Å². The maximum atomic E-state index is 6.07. The summed E-state index contributed by atoms with van der Waals surface area (Å²) in [6.07, 6.45) is 0. The number of hydrogen-bond acceptors (Lipinski definition) is 2. The van der Waals surface area contributed by atoms with Crippen LogP contribution in [0.2, 0.25) is 5.02 Å². The van der Waals surface area contributed by atoms with E-state index in [1.54, 1.807) is 0 Å². The molecule has 0 aromatic heterocycles. The van der Waals surface area contributed by atoms with Gasteiger partial charge in [-0.3, -0.25) is 0 Å². The van der Waals surface area contributed by atoms with Crippen LogP contribution in [0.25, 0.3) is 0 Å². The van der Waals surface area contributed by atoms with Gasteiger partial charge in [0.05, 0.1) is 17.3 Å². The molecule has 0 radical (unpaired) electrons. The van der Waals surface area contributed by atoms with Crippen LogP contribution in [0.15, 0.2) is 12.1 Å². The molecule has 0 spiro atoms. The second kappa shape index (κ2) is 3.70. The maximum Gasteiger partial charge on any atom is 0.161 e. The lowest BCUT2D eigenvalue weighted by Gasteiger charge is -2.11. The predicted molar refractivity (Wildman–Crippen MR) is 59.3 cm³/mol. The molecule has 1 aliphatic rings. The zero-order valence-electron chi connectivity index (χ0n) is 8.43. The third kappa shape index (κ3) is 1.67. The summed E-state index contributed by atoms with van der Waals surface area (Å²) in [6, 6.07) is 3.89. The number of anilines is 1. The third-order valence-corrected chi connectivity index (χ3v) is 2.76. The van der Waals surface area contributed by atoms with E-state index < -0.39 is 0 Å². The van der Waals surface area contributed by atoms with E-state index in [-0.39, 0.29) is 0 Å². The van der Waals surface area contributed by atoms with Crippen molar-refractivity contribution in [3.05, 3.63) is 22.7 Å². The first-order valence-corrected chi connectivity index (χ1v) is 5.22. The van der Waals surface area contributed by atoms with E-state index in [2.05, 4.69) is 19.2 Å². The molecule has 1 aliphatic heterocycles. The highest BCUT2D eigenvalue weighted by molar-refractivity contribution is 6.32. The van der Waals surface area contributed by atoms with Crippen LogP contribution in [0.5, 0.6) is 5.75 Å². The van der Waals surface area contributed by atoms with Crippen LogP contribution < -0.4 is 10.1 Å². The van der Waals surface area contributed by atoms with Gasteiger partial charge in [-0.2, -0.15) is 0 Å². The number of halogens is 1. The van der Waals surface area contributed by atoms with Crippen LogP contribution in [0.3, 0.4) is 0 Å². The standard InChI is InChI=1S/C11H14ClNO/c1-7-5-13-10-8(2)3-4-9(12)11(10)14-6-7/h3-4,7,13H,5-6H2,1-2H3. The van der Waals surface area contributed by atoms with Gasteiger partial charge in [-0.1, -0.05) is 24.6 Å². The molecule has 1 N–H and O–H groups in total.